The predicted molar refractivity (Wildman–Crippen MR) is 66.3 cm³/mol. The number of hydrogen-bond acceptors (Lipinski definition) is 5. The van der Waals surface area contributed by atoms with E-state index < -0.39 is 0 Å². The molecule has 86 valence electrons. The van der Waals surface area contributed by atoms with E-state index in [0.29, 0.717) is 0 Å². The van der Waals surface area contributed by atoms with E-state index in [4.69, 9.17) is 0 Å². The second-order valence-corrected chi connectivity index (χ2v) is 3.68. The van der Waals surface area contributed by atoms with E-state index in [1.54, 1.807) is 37.2 Å². The van der Waals surface area contributed by atoms with Crippen LogP contribution in [-0.2, 0) is 0 Å². The fraction of sp³-hybridized carbons (Fsp3) is 0. The maximum atomic E-state index is 4.15. The number of nitrogens with zero attached hydrogens (tertiary/aromatic N) is 5. The lowest BCUT2D eigenvalue weighted by atomic mass is 10.0. The van der Waals surface area contributed by atoms with E-state index in [2.05, 4.69) is 24.9 Å². The second-order valence-electron chi connectivity index (χ2n) is 3.68. The van der Waals surface area contributed by atoms with Gasteiger partial charge in [-0.1, -0.05) is 0 Å². The Morgan fingerprint density at radius 2 is 1.11 bits per heavy atom. The molecule has 0 spiro atoms. The van der Waals surface area contributed by atoms with Crippen molar-refractivity contribution in [1.82, 2.24) is 24.9 Å². The fourth-order valence-electron chi connectivity index (χ4n) is 1.75. The molecule has 5 heteroatoms. The molecule has 0 N–H and O–H groups in total. The first-order valence-electron chi connectivity index (χ1n) is 5.40. The Kier molecular flexibility index (Phi) is 2.71. The van der Waals surface area contributed by atoms with Crippen LogP contribution in [0.3, 0.4) is 0 Å². The molecular formula is C13H9N5. The summed E-state index contributed by atoms with van der Waals surface area (Å²) in [5, 5.41) is 0. The molecule has 0 fully saturated rings. The average molecular weight is 235 g/mol. The molecular weight excluding hydrogens is 226 g/mol. The van der Waals surface area contributed by atoms with Crippen LogP contribution in [0.25, 0.3) is 22.3 Å². The van der Waals surface area contributed by atoms with Gasteiger partial charge in [-0.05, 0) is 11.6 Å². The van der Waals surface area contributed by atoms with Gasteiger partial charge in [-0.15, -0.1) is 0 Å². The Morgan fingerprint density at radius 3 is 1.72 bits per heavy atom. The van der Waals surface area contributed by atoms with E-state index in [0.717, 1.165) is 22.3 Å². The fourth-order valence-corrected chi connectivity index (χ4v) is 1.75. The van der Waals surface area contributed by atoms with E-state index in [1.807, 2.05) is 6.07 Å². The normalized spacial score (nSPS) is 10.2. The smallest absolute Gasteiger partial charge is 0.115 e. The van der Waals surface area contributed by atoms with Crippen molar-refractivity contribution in [1.29, 1.82) is 0 Å². The molecule has 3 aromatic rings. The zero-order chi connectivity index (χ0) is 12.2. The number of hydrogen-bond donors (Lipinski definition) is 0. The molecule has 0 unspecified atom stereocenters. The molecule has 0 saturated carbocycles. The molecule has 0 amide bonds. The highest BCUT2D eigenvalue weighted by atomic mass is 14.8. The summed E-state index contributed by atoms with van der Waals surface area (Å²) in [4.78, 5) is 20.3. The topological polar surface area (TPSA) is 64.5 Å². The van der Waals surface area contributed by atoms with E-state index >= 15 is 0 Å². The summed E-state index contributed by atoms with van der Waals surface area (Å²) in [6.45, 7) is 0. The van der Waals surface area contributed by atoms with Gasteiger partial charge in [-0.3, -0.25) is 4.98 Å². The highest BCUT2D eigenvalue weighted by molar-refractivity contribution is 5.81. The molecule has 0 aliphatic carbocycles. The van der Waals surface area contributed by atoms with Crippen LogP contribution < -0.4 is 0 Å². The highest BCUT2D eigenvalue weighted by Gasteiger charge is 2.07. The molecule has 0 aliphatic rings. The van der Waals surface area contributed by atoms with Crippen LogP contribution in [0.1, 0.15) is 0 Å². The molecule has 3 aromatic heterocycles. The number of pyridine rings is 1. The van der Waals surface area contributed by atoms with Crippen molar-refractivity contribution in [2.75, 3.05) is 0 Å². The van der Waals surface area contributed by atoms with Gasteiger partial charge in [0.15, 0.2) is 0 Å². The van der Waals surface area contributed by atoms with Gasteiger partial charge < -0.3 is 0 Å². The maximum absolute atomic E-state index is 4.15. The lowest BCUT2D eigenvalue weighted by Crippen LogP contribution is -1.89. The Labute approximate surface area is 104 Å². The minimum Gasteiger partial charge on any atom is -0.264 e. The largest absolute Gasteiger partial charge is 0.264 e. The van der Waals surface area contributed by atoms with Gasteiger partial charge in [-0.2, -0.15) is 0 Å². The number of aromatic nitrogens is 5. The van der Waals surface area contributed by atoms with Crippen molar-refractivity contribution in [2.45, 2.75) is 0 Å². The quantitative estimate of drug-likeness (QED) is 0.679. The van der Waals surface area contributed by atoms with Crippen LogP contribution in [0.5, 0.6) is 0 Å². The summed E-state index contributed by atoms with van der Waals surface area (Å²) in [6.07, 6.45) is 13.6. The zero-order valence-electron chi connectivity index (χ0n) is 9.43. The molecule has 0 atom stereocenters. The van der Waals surface area contributed by atoms with Crippen LogP contribution in [0, 0.1) is 0 Å². The van der Waals surface area contributed by atoms with Crippen molar-refractivity contribution in [3.05, 3.63) is 55.9 Å². The summed E-state index contributed by atoms with van der Waals surface area (Å²) in [7, 11) is 0. The van der Waals surface area contributed by atoms with Crippen LogP contribution in [0.4, 0.5) is 0 Å². The first kappa shape index (κ1) is 10.5. The molecule has 0 saturated heterocycles. The molecule has 3 heterocycles. The minimum atomic E-state index is 0.921. The van der Waals surface area contributed by atoms with Gasteiger partial charge in [0.1, 0.15) is 12.7 Å². The summed E-state index contributed by atoms with van der Waals surface area (Å²) in [5.41, 5.74) is 3.84. The summed E-state index contributed by atoms with van der Waals surface area (Å²) < 4.78 is 0. The Morgan fingerprint density at radius 1 is 0.556 bits per heavy atom. The summed E-state index contributed by atoms with van der Waals surface area (Å²) in [6, 6.07) is 1.93. The third kappa shape index (κ3) is 1.93. The van der Waals surface area contributed by atoms with Crippen LogP contribution in [-0.4, -0.2) is 24.9 Å². The molecule has 18 heavy (non-hydrogen) atoms. The first-order valence-corrected chi connectivity index (χ1v) is 5.40. The van der Waals surface area contributed by atoms with Crippen molar-refractivity contribution in [3.8, 4) is 22.3 Å². The molecule has 5 nitrogen and oxygen atoms in total. The monoisotopic (exact) mass is 235 g/mol. The van der Waals surface area contributed by atoms with Gasteiger partial charge in [0.2, 0.25) is 0 Å². The van der Waals surface area contributed by atoms with Crippen molar-refractivity contribution < 1.29 is 0 Å². The predicted octanol–water partition coefficient (Wildman–Crippen LogP) is 2.00. The Bertz CT molecular complexity index is 581. The molecule has 0 aromatic carbocycles. The van der Waals surface area contributed by atoms with Crippen molar-refractivity contribution in [3.63, 3.8) is 0 Å². The summed E-state index contributed by atoms with van der Waals surface area (Å²) >= 11 is 0. The maximum Gasteiger partial charge on any atom is 0.115 e. The Balaban J connectivity index is 2.18. The standard InChI is InChI=1S/C13H9N5/c1-2-14-7-13(11-5-17-9-18-6-11)12(1)10-3-15-8-16-4-10/h1-9H. The molecule has 0 bridgehead atoms. The SMILES string of the molecule is c1cc(-c2cncnc2)c(-c2cncnc2)cn1. The third-order valence-electron chi connectivity index (χ3n) is 2.56. The lowest BCUT2D eigenvalue weighted by molar-refractivity contribution is 1.16. The molecule has 3 rings (SSSR count). The average Bonchev–Trinajstić information content (AvgIpc) is 2.49. The lowest BCUT2D eigenvalue weighted by Gasteiger charge is -2.07. The van der Waals surface area contributed by atoms with Gasteiger partial charge in [0.05, 0.1) is 0 Å². The van der Waals surface area contributed by atoms with E-state index in [1.165, 1.54) is 12.7 Å². The van der Waals surface area contributed by atoms with Crippen molar-refractivity contribution >= 4 is 0 Å². The minimum absolute atomic E-state index is 0.921. The first-order chi connectivity index (χ1) is 8.95. The van der Waals surface area contributed by atoms with Crippen LogP contribution >= 0.6 is 0 Å². The highest BCUT2D eigenvalue weighted by Crippen LogP contribution is 2.29. The van der Waals surface area contributed by atoms with Gasteiger partial charge in [0.25, 0.3) is 0 Å². The summed E-state index contributed by atoms with van der Waals surface area (Å²) in [5.74, 6) is 0. The van der Waals surface area contributed by atoms with Crippen LogP contribution in [0.2, 0.25) is 0 Å². The Hall–Kier alpha value is -2.69. The third-order valence-corrected chi connectivity index (χ3v) is 2.56. The van der Waals surface area contributed by atoms with Gasteiger partial charge >= 0.3 is 0 Å². The van der Waals surface area contributed by atoms with E-state index in [-0.39, 0.29) is 0 Å². The second kappa shape index (κ2) is 4.67. The van der Waals surface area contributed by atoms with Crippen LogP contribution in [0.15, 0.2) is 55.9 Å². The zero-order valence-corrected chi connectivity index (χ0v) is 9.43. The van der Waals surface area contributed by atoms with Gasteiger partial charge in [0, 0.05) is 53.9 Å². The molecule has 0 radical (unpaired) electrons. The van der Waals surface area contributed by atoms with Crippen molar-refractivity contribution in [2.24, 2.45) is 0 Å². The molecule has 0 aliphatic heterocycles. The van der Waals surface area contributed by atoms with Gasteiger partial charge in [-0.25, -0.2) is 19.9 Å². The number of rotatable bonds is 2. The van der Waals surface area contributed by atoms with E-state index in [9.17, 15) is 0 Å².